The number of aromatic nitrogens is 4. The van der Waals surface area contributed by atoms with Crippen molar-refractivity contribution in [2.45, 2.75) is 46.1 Å². The van der Waals surface area contributed by atoms with E-state index in [0.717, 1.165) is 47.4 Å². The van der Waals surface area contributed by atoms with Gasteiger partial charge in [0.05, 0.1) is 14.2 Å². The monoisotopic (exact) mass is 354 g/mol. The molecular weight excluding hydrogens is 328 g/mol. The van der Waals surface area contributed by atoms with Gasteiger partial charge in [0.1, 0.15) is 11.3 Å². The SMILES string of the molecule is CCc1nc2c(-c3ccc(OC)nc3OC)ccnc2n1C(CC)CC. The zero-order valence-corrected chi connectivity index (χ0v) is 16.1. The Kier molecular flexibility index (Phi) is 5.40. The van der Waals surface area contributed by atoms with Crippen LogP contribution in [0.25, 0.3) is 22.3 Å². The molecule has 0 fully saturated rings. The van der Waals surface area contributed by atoms with Crippen molar-refractivity contribution in [1.82, 2.24) is 19.5 Å². The average Bonchev–Trinajstić information content (AvgIpc) is 3.07. The number of hydrogen-bond donors (Lipinski definition) is 0. The molecule has 0 unspecified atom stereocenters. The molecule has 0 bridgehead atoms. The van der Waals surface area contributed by atoms with Crippen LogP contribution in [0.5, 0.6) is 11.8 Å². The van der Waals surface area contributed by atoms with Crippen molar-refractivity contribution in [2.75, 3.05) is 14.2 Å². The van der Waals surface area contributed by atoms with Gasteiger partial charge in [0, 0.05) is 35.9 Å². The van der Waals surface area contributed by atoms with Gasteiger partial charge in [-0.1, -0.05) is 20.8 Å². The summed E-state index contributed by atoms with van der Waals surface area (Å²) in [5.41, 5.74) is 3.67. The highest BCUT2D eigenvalue weighted by molar-refractivity contribution is 5.91. The number of hydrogen-bond acceptors (Lipinski definition) is 5. The van der Waals surface area contributed by atoms with Crippen molar-refractivity contribution in [3.63, 3.8) is 0 Å². The van der Waals surface area contributed by atoms with E-state index in [4.69, 9.17) is 14.5 Å². The molecule has 0 spiro atoms. The minimum absolute atomic E-state index is 0.397. The normalized spacial score (nSPS) is 11.3. The molecule has 3 aromatic heterocycles. The number of fused-ring (bicyclic) bond motifs is 1. The highest BCUT2D eigenvalue weighted by Gasteiger charge is 2.21. The first-order valence-corrected chi connectivity index (χ1v) is 9.13. The Bertz CT molecular complexity index is 900. The molecule has 0 saturated heterocycles. The standard InChI is InChI=1S/C20H26N4O2/c1-6-13(7-2)24-16(8-3)22-18-14(11-12-21-19(18)24)15-9-10-17(25-4)23-20(15)26-5/h9-13H,6-8H2,1-5H3. The molecule has 0 N–H and O–H groups in total. The third-order valence-corrected chi connectivity index (χ3v) is 4.80. The Labute approximate surface area is 154 Å². The van der Waals surface area contributed by atoms with E-state index in [0.29, 0.717) is 17.8 Å². The van der Waals surface area contributed by atoms with Crippen molar-refractivity contribution >= 4 is 11.2 Å². The number of pyridine rings is 2. The molecule has 0 aliphatic carbocycles. The number of ether oxygens (including phenoxy) is 2. The summed E-state index contributed by atoms with van der Waals surface area (Å²) in [4.78, 5) is 14.0. The van der Waals surface area contributed by atoms with Crippen molar-refractivity contribution in [1.29, 1.82) is 0 Å². The summed E-state index contributed by atoms with van der Waals surface area (Å²) in [5.74, 6) is 2.11. The van der Waals surface area contributed by atoms with Crippen LogP contribution in [0.4, 0.5) is 0 Å². The van der Waals surface area contributed by atoms with E-state index in [-0.39, 0.29) is 0 Å². The molecule has 0 aromatic carbocycles. The zero-order chi connectivity index (χ0) is 18.7. The minimum atomic E-state index is 0.397. The van der Waals surface area contributed by atoms with Crippen LogP contribution in [0.3, 0.4) is 0 Å². The van der Waals surface area contributed by atoms with Crippen molar-refractivity contribution in [3.05, 3.63) is 30.2 Å². The van der Waals surface area contributed by atoms with E-state index in [1.54, 1.807) is 14.2 Å². The Balaban J connectivity index is 2.26. The van der Waals surface area contributed by atoms with Crippen LogP contribution in [0.15, 0.2) is 24.4 Å². The Morgan fingerprint density at radius 2 is 1.73 bits per heavy atom. The molecule has 3 heterocycles. The predicted octanol–water partition coefficient (Wildman–Crippen LogP) is 4.43. The van der Waals surface area contributed by atoms with E-state index in [1.165, 1.54) is 0 Å². The zero-order valence-electron chi connectivity index (χ0n) is 16.1. The first-order chi connectivity index (χ1) is 12.7. The topological polar surface area (TPSA) is 62.1 Å². The number of nitrogens with zero attached hydrogens (tertiary/aromatic N) is 4. The summed E-state index contributed by atoms with van der Waals surface area (Å²) in [6.07, 6.45) is 4.80. The maximum Gasteiger partial charge on any atom is 0.224 e. The third kappa shape index (κ3) is 3.00. The molecule has 138 valence electrons. The van der Waals surface area contributed by atoms with Gasteiger partial charge in [-0.05, 0) is 25.0 Å². The lowest BCUT2D eigenvalue weighted by Crippen LogP contribution is -2.11. The highest BCUT2D eigenvalue weighted by atomic mass is 16.5. The lowest BCUT2D eigenvalue weighted by atomic mass is 10.1. The van der Waals surface area contributed by atoms with E-state index < -0.39 is 0 Å². The maximum atomic E-state index is 5.50. The van der Waals surface area contributed by atoms with Gasteiger partial charge in [-0.2, -0.15) is 4.98 Å². The van der Waals surface area contributed by atoms with Crippen LogP contribution in [0.2, 0.25) is 0 Å². The molecule has 0 amide bonds. The fourth-order valence-electron chi connectivity index (χ4n) is 3.44. The molecule has 3 rings (SSSR count). The second-order valence-electron chi connectivity index (χ2n) is 6.16. The molecule has 3 aromatic rings. The van der Waals surface area contributed by atoms with Crippen LogP contribution in [0.1, 0.15) is 45.5 Å². The molecule has 6 heteroatoms. The minimum Gasteiger partial charge on any atom is -0.481 e. The number of aryl methyl sites for hydroxylation is 1. The smallest absolute Gasteiger partial charge is 0.224 e. The number of methoxy groups -OCH3 is 2. The summed E-state index contributed by atoms with van der Waals surface area (Å²) < 4.78 is 13.0. The first-order valence-electron chi connectivity index (χ1n) is 9.13. The van der Waals surface area contributed by atoms with Crippen molar-refractivity contribution in [2.24, 2.45) is 0 Å². The van der Waals surface area contributed by atoms with Crippen LogP contribution < -0.4 is 9.47 Å². The Morgan fingerprint density at radius 3 is 2.35 bits per heavy atom. The summed E-state index contributed by atoms with van der Waals surface area (Å²) >= 11 is 0. The number of rotatable bonds is 7. The van der Waals surface area contributed by atoms with Crippen LogP contribution >= 0.6 is 0 Å². The van der Waals surface area contributed by atoms with Crippen LogP contribution in [-0.2, 0) is 6.42 Å². The molecule has 0 saturated carbocycles. The predicted molar refractivity (Wildman–Crippen MR) is 103 cm³/mol. The quantitative estimate of drug-likeness (QED) is 0.628. The lowest BCUT2D eigenvalue weighted by Gasteiger charge is -2.17. The van der Waals surface area contributed by atoms with Crippen LogP contribution in [-0.4, -0.2) is 33.7 Å². The second kappa shape index (κ2) is 7.72. The van der Waals surface area contributed by atoms with Gasteiger partial charge in [0.15, 0.2) is 5.65 Å². The molecule has 0 aliphatic rings. The molecular formula is C20H26N4O2. The summed E-state index contributed by atoms with van der Waals surface area (Å²) in [5, 5.41) is 0. The molecule has 6 nitrogen and oxygen atoms in total. The third-order valence-electron chi connectivity index (χ3n) is 4.80. The van der Waals surface area contributed by atoms with Gasteiger partial charge in [-0.15, -0.1) is 0 Å². The van der Waals surface area contributed by atoms with Crippen molar-refractivity contribution in [3.8, 4) is 22.9 Å². The summed E-state index contributed by atoms with van der Waals surface area (Å²) in [6.45, 7) is 6.55. The Hall–Kier alpha value is -2.63. The summed E-state index contributed by atoms with van der Waals surface area (Å²) in [7, 11) is 3.21. The van der Waals surface area contributed by atoms with Gasteiger partial charge < -0.3 is 14.0 Å². The first kappa shape index (κ1) is 18.2. The van der Waals surface area contributed by atoms with Crippen molar-refractivity contribution < 1.29 is 9.47 Å². The van der Waals surface area contributed by atoms with E-state index in [9.17, 15) is 0 Å². The summed E-state index contributed by atoms with van der Waals surface area (Å²) in [6, 6.07) is 6.16. The van der Waals surface area contributed by atoms with Gasteiger partial charge in [0.25, 0.3) is 0 Å². The van der Waals surface area contributed by atoms with Gasteiger partial charge >= 0.3 is 0 Å². The van der Waals surface area contributed by atoms with Gasteiger partial charge in [-0.3, -0.25) is 0 Å². The largest absolute Gasteiger partial charge is 0.481 e. The second-order valence-corrected chi connectivity index (χ2v) is 6.16. The fraction of sp³-hybridized carbons (Fsp3) is 0.450. The fourth-order valence-corrected chi connectivity index (χ4v) is 3.44. The molecule has 26 heavy (non-hydrogen) atoms. The van der Waals surface area contributed by atoms with E-state index in [1.807, 2.05) is 24.4 Å². The molecule has 0 aliphatic heterocycles. The van der Waals surface area contributed by atoms with Gasteiger partial charge in [-0.25, -0.2) is 9.97 Å². The molecule has 0 atom stereocenters. The van der Waals surface area contributed by atoms with Gasteiger partial charge in [0.2, 0.25) is 11.8 Å². The lowest BCUT2D eigenvalue weighted by molar-refractivity contribution is 0.366. The van der Waals surface area contributed by atoms with Crippen LogP contribution in [0, 0.1) is 0 Å². The van der Waals surface area contributed by atoms with E-state index in [2.05, 4.69) is 35.3 Å². The maximum absolute atomic E-state index is 5.50. The number of imidazole rings is 1. The average molecular weight is 354 g/mol. The molecule has 0 radical (unpaired) electrons. The van der Waals surface area contributed by atoms with E-state index >= 15 is 0 Å². The Morgan fingerprint density at radius 1 is 0.962 bits per heavy atom. The highest BCUT2D eigenvalue weighted by Crippen LogP contribution is 2.35.